The van der Waals surface area contributed by atoms with Crippen LogP contribution >= 0.6 is 45.3 Å². The summed E-state index contributed by atoms with van der Waals surface area (Å²) in [6, 6.07) is 31.9. The van der Waals surface area contributed by atoms with Crippen LogP contribution in [0, 0.1) is 45.3 Å². The van der Waals surface area contributed by atoms with Crippen LogP contribution in [0.4, 0.5) is 0 Å². The molecule has 0 radical (unpaired) electrons. The largest absolute Gasteiger partial charge is 0.289 e. The zero-order chi connectivity index (χ0) is 41.6. The van der Waals surface area contributed by atoms with Crippen molar-refractivity contribution in [1.29, 1.82) is 21.0 Å². The maximum Gasteiger partial charge on any atom is 0.194 e. The van der Waals surface area contributed by atoms with Crippen molar-refractivity contribution in [2.24, 2.45) is 0 Å². The average molecular weight is 875 g/mol. The Kier molecular flexibility index (Phi) is 7.71. The van der Waals surface area contributed by atoms with Gasteiger partial charge in [-0.1, -0.05) is 86.9 Å². The van der Waals surface area contributed by atoms with Gasteiger partial charge in [-0.15, -0.1) is 45.3 Å². The molecule has 282 valence electrons. The lowest BCUT2D eigenvalue weighted by atomic mass is 9.99. The topological polar surface area (TPSA) is 129 Å². The van der Waals surface area contributed by atoms with Crippen molar-refractivity contribution < 1.29 is 9.59 Å². The number of nitriles is 4. The zero-order valence-electron chi connectivity index (χ0n) is 32.3. The summed E-state index contributed by atoms with van der Waals surface area (Å²) < 4.78 is 2.42. The normalized spacial score (nSPS) is 17.3. The van der Waals surface area contributed by atoms with E-state index in [9.17, 15) is 30.6 Å². The molecule has 0 atom stereocenters. The third-order valence-corrected chi connectivity index (χ3v) is 24.7. The summed E-state index contributed by atoms with van der Waals surface area (Å²) in [4.78, 5) is 31.9. The van der Waals surface area contributed by atoms with Crippen molar-refractivity contribution in [3.63, 3.8) is 0 Å². The molecule has 4 aliphatic rings. The fourth-order valence-corrected chi connectivity index (χ4v) is 23.6. The van der Waals surface area contributed by atoms with Crippen molar-refractivity contribution in [1.82, 2.24) is 0 Å². The minimum Gasteiger partial charge on any atom is -0.289 e. The number of rotatable bonds is 2. The first kappa shape index (κ1) is 36.7. The smallest absolute Gasteiger partial charge is 0.194 e. The molecule has 6 nitrogen and oxygen atoms in total. The Morgan fingerprint density at radius 1 is 0.517 bits per heavy atom. The Balaban J connectivity index is 0.989. The van der Waals surface area contributed by atoms with Gasteiger partial charge in [0.05, 0.1) is 8.03 Å². The van der Waals surface area contributed by atoms with Crippen molar-refractivity contribution in [3.8, 4) is 45.2 Å². The third-order valence-electron chi connectivity index (χ3n) is 12.5. The number of hydrogen-bond acceptors (Lipinski definition) is 10. The van der Waals surface area contributed by atoms with Crippen LogP contribution in [-0.4, -0.2) is 27.7 Å². The fourth-order valence-electron chi connectivity index (χ4n) is 9.84. The number of fused-ring (bicyclic) bond motifs is 12. The first-order valence-corrected chi connectivity index (χ1v) is 28.3. The van der Waals surface area contributed by atoms with E-state index >= 15 is 0 Å². The van der Waals surface area contributed by atoms with Crippen LogP contribution in [0.25, 0.3) is 63.0 Å². The van der Waals surface area contributed by atoms with Gasteiger partial charge in [0.15, 0.2) is 11.6 Å². The molecule has 0 saturated carbocycles. The first-order chi connectivity index (χ1) is 28.9. The number of Topliss-reactive ketones (excluding diaryl/α,β-unsaturated/α-hetero) is 2. The second-order valence-corrected chi connectivity index (χ2v) is 29.6. The van der Waals surface area contributed by atoms with Crippen molar-refractivity contribution >= 4 is 136 Å². The van der Waals surface area contributed by atoms with E-state index in [4.69, 9.17) is 0 Å². The maximum absolute atomic E-state index is 13.7. The van der Waals surface area contributed by atoms with Gasteiger partial charge in [-0.05, 0) is 67.3 Å². The van der Waals surface area contributed by atoms with Gasteiger partial charge in [-0.3, -0.25) is 9.59 Å². The summed E-state index contributed by atoms with van der Waals surface area (Å²) in [5.41, 5.74) is 6.49. The number of thiophene rings is 4. The van der Waals surface area contributed by atoms with Gasteiger partial charge < -0.3 is 0 Å². The van der Waals surface area contributed by atoms with Crippen LogP contribution in [0.2, 0.25) is 26.2 Å². The van der Waals surface area contributed by atoms with E-state index in [1.165, 1.54) is 60.4 Å². The molecular formula is C48H26N4O2S4Si2. The quantitative estimate of drug-likeness (QED) is 0.0966. The molecule has 0 amide bonds. The molecule has 2 aliphatic carbocycles. The van der Waals surface area contributed by atoms with Gasteiger partial charge in [0, 0.05) is 63.7 Å². The summed E-state index contributed by atoms with van der Waals surface area (Å²) in [5.74, 6) is -0.331. The second kappa shape index (κ2) is 12.6. The van der Waals surface area contributed by atoms with E-state index < -0.39 is 16.1 Å². The van der Waals surface area contributed by atoms with Crippen LogP contribution < -0.4 is 20.7 Å². The Morgan fingerprint density at radius 2 is 0.883 bits per heavy atom. The monoisotopic (exact) mass is 874 g/mol. The summed E-state index contributed by atoms with van der Waals surface area (Å²) in [6.45, 7) is 9.76. The molecule has 2 aliphatic heterocycles. The van der Waals surface area contributed by atoms with Crippen LogP contribution in [0.3, 0.4) is 0 Å². The lowest BCUT2D eigenvalue weighted by Gasteiger charge is -2.22. The molecule has 6 heterocycles. The number of ketones is 2. The Bertz CT molecular complexity index is 3320. The summed E-state index contributed by atoms with van der Waals surface area (Å²) in [6.07, 6.45) is 3.74. The molecule has 0 bridgehead atoms. The number of allylic oxidation sites excluding steroid dienone is 6. The number of carbonyl (C=O) groups is 2. The van der Waals surface area contributed by atoms with Gasteiger partial charge in [0.1, 0.15) is 51.6 Å². The van der Waals surface area contributed by atoms with Crippen molar-refractivity contribution in [3.05, 3.63) is 127 Å². The number of hydrogen-bond donors (Lipinski definition) is 0. The van der Waals surface area contributed by atoms with E-state index in [2.05, 4.69) is 50.5 Å². The van der Waals surface area contributed by atoms with Crippen LogP contribution in [0.15, 0.2) is 95.1 Å². The summed E-state index contributed by atoms with van der Waals surface area (Å²) in [5, 5.41) is 47.6. The molecule has 4 aromatic heterocycles. The minimum absolute atomic E-state index is 0.0566. The van der Waals surface area contributed by atoms with Gasteiger partial charge in [-0.2, -0.15) is 21.0 Å². The third kappa shape index (κ3) is 4.72. The predicted molar refractivity (Wildman–Crippen MR) is 251 cm³/mol. The lowest BCUT2D eigenvalue weighted by Crippen LogP contribution is -2.51. The maximum atomic E-state index is 13.7. The molecule has 3 aromatic carbocycles. The Hall–Kier alpha value is -6.33. The molecule has 7 aromatic rings. The highest BCUT2D eigenvalue weighted by atomic mass is 32.2. The molecule has 0 fully saturated rings. The van der Waals surface area contributed by atoms with E-state index in [-0.39, 0.29) is 22.7 Å². The zero-order valence-corrected chi connectivity index (χ0v) is 37.6. The highest BCUT2D eigenvalue weighted by Gasteiger charge is 2.47. The van der Waals surface area contributed by atoms with Crippen molar-refractivity contribution in [2.75, 3.05) is 0 Å². The van der Waals surface area contributed by atoms with E-state index in [0.717, 1.165) is 9.75 Å². The fraction of sp³-hybridized carbons (Fsp3) is 0.0833. The molecule has 0 saturated heterocycles. The van der Waals surface area contributed by atoms with Gasteiger partial charge in [0.25, 0.3) is 0 Å². The van der Waals surface area contributed by atoms with Crippen molar-refractivity contribution in [2.45, 2.75) is 26.2 Å². The standard InChI is InChI=1S/C48H26N4O2S4Si2/c1-59(2)37-17-32-38(18-31(37)43-45(59)35-15-25(55-47(35)57-43)13-33-39(23(19-49)20-50)27-9-5-7-11-29(27)41(33)53)60(3,4)46-36-16-26(56-48(36)58-44(32)46)14-34-40(24(21-51)22-52)28-10-6-8-12-30(28)42(34)54/h5-18H,1-4H3/b33-13-,34-14-. The minimum atomic E-state index is -2.19. The summed E-state index contributed by atoms with van der Waals surface area (Å²) in [7, 11) is -4.37. The van der Waals surface area contributed by atoms with E-state index in [1.54, 1.807) is 59.1 Å². The molecule has 0 N–H and O–H groups in total. The molecule has 11 rings (SSSR count). The number of nitrogens with zero attached hydrogens (tertiary/aromatic N) is 4. The average Bonchev–Trinajstić information content (AvgIpc) is 4.11. The predicted octanol–water partition coefficient (Wildman–Crippen LogP) is 10.0. The van der Waals surface area contributed by atoms with E-state index in [0.29, 0.717) is 44.5 Å². The van der Waals surface area contributed by atoms with E-state index in [1.807, 2.05) is 71.2 Å². The number of benzene rings is 3. The van der Waals surface area contributed by atoms with Gasteiger partial charge in [0.2, 0.25) is 0 Å². The molecule has 0 spiro atoms. The SMILES string of the molecule is C[Si]1(C)c2cc3c(cc2-c2sc4sc(/C=C5\C(=O)c6ccccc6C5=C(C#N)C#N)cc4c21)[Si](C)(C)c1c-3sc2sc(/C=C3\C(=O)c4ccccc4C3=C(C#N)C#N)cc12. The van der Waals surface area contributed by atoms with Gasteiger partial charge in [-0.25, -0.2) is 0 Å². The lowest BCUT2D eigenvalue weighted by molar-refractivity contribution is 0.103. The van der Waals surface area contributed by atoms with Crippen LogP contribution in [-0.2, 0) is 0 Å². The highest BCUT2D eigenvalue weighted by Crippen LogP contribution is 2.49. The highest BCUT2D eigenvalue weighted by molar-refractivity contribution is 7.43. The molecule has 12 heteroatoms. The first-order valence-electron chi connectivity index (χ1n) is 19.1. The Labute approximate surface area is 362 Å². The number of carbonyl (C=O) groups excluding carboxylic acids is 2. The summed E-state index contributed by atoms with van der Waals surface area (Å²) >= 11 is 6.98. The molecule has 60 heavy (non-hydrogen) atoms. The van der Waals surface area contributed by atoms with Crippen LogP contribution in [0.1, 0.15) is 41.6 Å². The second-order valence-electron chi connectivity index (χ2n) is 16.3. The molecule has 0 unspecified atom stereocenters. The Morgan fingerprint density at radius 3 is 1.25 bits per heavy atom. The van der Waals surface area contributed by atoms with Crippen LogP contribution in [0.5, 0.6) is 0 Å². The molecular weight excluding hydrogens is 849 g/mol. The van der Waals surface area contributed by atoms with Gasteiger partial charge >= 0.3 is 0 Å².